The molecular weight excluding hydrogens is 458 g/mol. The summed E-state index contributed by atoms with van der Waals surface area (Å²) < 4.78 is 56.0. The number of halogens is 4. The number of benzene rings is 2. The van der Waals surface area contributed by atoms with Crippen molar-refractivity contribution in [3.8, 4) is 0 Å². The summed E-state index contributed by atoms with van der Waals surface area (Å²) in [4.78, 5) is 38.7. The van der Waals surface area contributed by atoms with Crippen molar-refractivity contribution in [1.82, 2.24) is 18.9 Å². The minimum absolute atomic E-state index is 0.0483. The minimum Gasteiger partial charge on any atom is -0.324 e. The van der Waals surface area contributed by atoms with Gasteiger partial charge < -0.3 is 5.32 Å². The van der Waals surface area contributed by atoms with E-state index in [0.29, 0.717) is 5.56 Å². The molecule has 8 nitrogen and oxygen atoms in total. The smallest absolute Gasteiger partial charge is 0.324 e. The molecule has 0 radical (unpaired) electrons. The first-order valence-electron chi connectivity index (χ1n) is 9.92. The van der Waals surface area contributed by atoms with Gasteiger partial charge in [-0.15, -0.1) is 0 Å². The van der Waals surface area contributed by atoms with Crippen LogP contribution in [0.25, 0.3) is 11.0 Å². The number of nitrogens with zero attached hydrogens (tertiary/aromatic N) is 4. The SMILES string of the molecule is Cn1cc2c(n1)c(=O)n(Cc1ccc(F)cc1)c(=O)n2CC(=O)Nc1ccccc1C(F)(F)F. The Labute approximate surface area is 188 Å². The fourth-order valence-corrected chi connectivity index (χ4v) is 3.53. The van der Waals surface area contributed by atoms with Crippen molar-refractivity contribution < 1.29 is 22.4 Å². The molecule has 2 aromatic heterocycles. The van der Waals surface area contributed by atoms with Gasteiger partial charge in [0.15, 0.2) is 5.52 Å². The molecule has 1 N–H and O–H groups in total. The number of fused-ring (bicyclic) bond motifs is 1. The number of rotatable bonds is 5. The molecule has 0 spiro atoms. The Morgan fingerprint density at radius 2 is 1.71 bits per heavy atom. The van der Waals surface area contributed by atoms with Crippen molar-refractivity contribution in [2.75, 3.05) is 5.32 Å². The van der Waals surface area contributed by atoms with Crippen LogP contribution in [0.3, 0.4) is 0 Å². The highest BCUT2D eigenvalue weighted by molar-refractivity contribution is 5.92. The van der Waals surface area contributed by atoms with E-state index in [9.17, 15) is 31.9 Å². The zero-order valence-corrected chi connectivity index (χ0v) is 17.6. The van der Waals surface area contributed by atoms with Gasteiger partial charge in [0.05, 0.1) is 23.3 Å². The lowest BCUT2D eigenvalue weighted by Gasteiger charge is -2.15. The van der Waals surface area contributed by atoms with Crippen molar-refractivity contribution in [3.63, 3.8) is 0 Å². The first-order valence-corrected chi connectivity index (χ1v) is 9.92. The van der Waals surface area contributed by atoms with E-state index in [-0.39, 0.29) is 17.6 Å². The van der Waals surface area contributed by atoms with Crippen LogP contribution in [-0.2, 0) is 31.1 Å². The van der Waals surface area contributed by atoms with E-state index in [2.05, 4.69) is 10.4 Å². The van der Waals surface area contributed by atoms with Gasteiger partial charge in [-0.1, -0.05) is 24.3 Å². The van der Waals surface area contributed by atoms with Gasteiger partial charge in [0, 0.05) is 13.2 Å². The van der Waals surface area contributed by atoms with Gasteiger partial charge >= 0.3 is 11.9 Å². The molecule has 12 heteroatoms. The largest absolute Gasteiger partial charge is 0.418 e. The highest BCUT2D eigenvalue weighted by Gasteiger charge is 2.33. The van der Waals surface area contributed by atoms with Gasteiger partial charge in [-0.2, -0.15) is 18.3 Å². The highest BCUT2D eigenvalue weighted by atomic mass is 19.4. The monoisotopic (exact) mass is 475 g/mol. The average Bonchev–Trinajstić information content (AvgIpc) is 3.17. The first kappa shape index (κ1) is 23.0. The number of carbonyl (C=O) groups excluding carboxylic acids is 1. The van der Waals surface area contributed by atoms with Crippen LogP contribution in [-0.4, -0.2) is 24.8 Å². The predicted molar refractivity (Wildman–Crippen MR) is 115 cm³/mol. The number of carbonyl (C=O) groups is 1. The van der Waals surface area contributed by atoms with Crippen molar-refractivity contribution in [3.05, 3.63) is 92.5 Å². The maximum atomic E-state index is 13.3. The standard InChI is InChI=1S/C22H17F4N5O3/c1-29-11-17-19(28-29)20(33)31(10-13-6-8-14(23)9-7-13)21(34)30(17)12-18(32)27-16-5-3-2-4-15(16)22(24,25)26/h2-9,11H,10,12H2,1H3,(H,27,32). The third-order valence-electron chi connectivity index (χ3n) is 5.07. The summed E-state index contributed by atoms with van der Waals surface area (Å²) in [5, 5.41) is 6.23. The molecule has 0 aliphatic rings. The normalized spacial score (nSPS) is 11.7. The predicted octanol–water partition coefficient (Wildman–Crippen LogP) is 2.74. The van der Waals surface area contributed by atoms with Crippen LogP contribution in [0.15, 0.2) is 64.3 Å². The van der Waals surface area contributed by atoms with Gasteiger partial charge in [-0.05, 0) is 29.8 Å². The number of aryl methyl sites for hydroxylation is 1. The zero-order chi connectivity index (χ0) is 24.6. The third kappa shape index (κ3) is 4.47. The van der Waals surface area contributed by atoms with Crippen LogP contribution in [0.4, 0.5) is 23.2 Å². The molecule has 2 heterocycles. The highest BCUT2D eigenvalue weighted by Crippen LogP contribution is 2.34. The molecule has 1 amide bonds. The Bertz CT molecular complexity index is 1500. The lowest BCUT2D eigenvalue weighted by Crippen LogP contribution is -2.42. The minimum atomic E-state index is -4.69. The summed E-state index contributed by atoms with van der Waals surface area (Å²) in [6.45, 7) is -0.889. The Hall–Kier alpha value is -4.22. The molecule has 0 unspecified atom stereocenters. The number of alkyl halides is 3. The van der Waals surface area contributed by atoms with Crippen LogP contribution in [0.1, 0.15) is 11.1 Å². The number of anilines is 1. The van der Waals surface area contributed by atoms with Crippen LogP contribution in [0.5, 0.6) is 0 Å². The fraction of sp³-hybridized carbons (Fsp3) is 0.182. The molecule has 0 fully saturated rings. The average molecular weight is 475 g/mol. The van der Waals surface area contributed by atoms with E-state index in [1.807, 2.05) is 0 Å². The van der Waals surface area contributed by atoms with E-state index in [4.69, 9.17) is 0 Å². The summed E-state index contributed by atoms with van der Waals surface area (Å²) in [5.74, 6) is -1.40. The van der Waals surface area contributed by atoms with E-state index >= 15 is 0 Å². The maximum Gasteiger partial charge on any atom is 0.418 e. The molecule has 0 saturated carbocycles. The topological polar surface area (TPSA) is 90.9 Å². The van der Waals surface area contributed by atoms with Gasteiger partial charge in [0.25, 0.3) is 5.56 Å². The number of aromatic nitrogens is 4. The summed E-state index contributed by atoms with van der Waals surface area (Å²) in [6.07, 6.45) is -3.34. The zero-order valence-electron chi connectivity index (χ0n) is 17.6. The molecule has 4 rings (SSSR count). The van der Waals surface area contributed by atoms with E-state index in [1.54, 1.807) is 0 Å². The second kappa shape index (κ2) is 8.61. The first-order chi connectivity index (χ1) is 16.0. The van der Waals surface area contributed by atoms with Crippen LogP contribution < -0.4 is 16.6 Å². The molecule has 176 valence electrons. The van der Waals surface area contributed by atoms with E-state index in [0.717, 1.165) is 21.3 Å². The summed E-state index contributed by atoms with van der Waals surface area (Å²) >= 11 is 0. The van der Waals surface area contributed by atoms with E-state index in [1.165, 1.54) is 54.3 Å². The van der Waals surface area contributed by atoms with Crippen molar-refractivity contribution >= 4 is 22.6 Å². The Morgan fingerprint density at radius 1 is 1.03 bits per heavy atom. The Morgan fingerprint density at radius 3 is 2.38 bits per heavy atom. The summed E-state index contributed by atoms with van der Waals surface area (Å²) in [6, 6.07) is 9.58. The molecule has 2 aromatic carbocycles. The lowest BCUT2D eigenvalue weighted by atomic mass is 10.1. The summed E-state index contributed by atoms with van der Waals surface area (Å²) in [5.41, 5.74) is -2.69. The second-order valence-electron chi connectivity index (χ2n) is 7.51. The van der Waals surface area contributed by atoms with Gasteiger partial charge in [-0.25, -0.2) is 9.18 Å². The quantitative estimate of drug-likeness (QED) is 0.450. The van der Waals surface area contributed by atoms with E-state index < -0.39 is 46.9 Å². The van der Waals surface area contributed by atoms with Crippen molar-refractivity contribution in [1.29, 1.82) is 0 Å². The van der Waals surface area contributed by atoms with Crippen molar-refractivity contribution in [2.45, 2.75) is 19.3 Å². The lowest BCUT2D eigenvalue weighted by molar-refractivity contribution is -0.137. The molecule has 0 aliphatic heterocycles. The van der Waals surface area contributed by atoms with Crippen LogP contribution in [0.2, 0.25) is 0 Å². The van der Waals surface area contributed by atoms with Crippen LogP contribution >= 0.6 is 0 Å². The number of para-hydroxylation sites is 1. The molecular formula is C22H17F4N5O3. The Kier molecular flexibility index (Phi) is 5.82. The maximum absolute atomic E-state index is 13.3. The second-order valence-corrected chi connectivity index (χ2v) is 7.51. The van der Waals surface area contributed by atoms with Gasteiger partial charge in [0.2, 0.25) is 5.91 Å². The molecule has 0 aliphatic carbocycles. The molecule has 0 saturated heterocycles. The number of hydrogen-bond acceptors (Lipinski definition) is 4. The molecule has 0 bridgehead atoms. The number of nitrogens with one attached hydrogen (secondary N) is 1. The number of amides is 1. The van der Waals surface area contributed by atoms with Gasteiger partial charge in [0.1, 0.15) is 12.4 Å². The van der Waals surface area contributed by atoms with Gasteiger partial charge in [-0.3, -0.25) is 23.4 Å². The Balaban J connectivity index is 1.74. The van der Waals surface area contributed by atoms with Crippen molar-refractivity contribution in [2.24, 2.45) is 7.05 Å². The fourth-order valence-electron chi connectivity index (χ4n) is 3.53. The third-order valence-corrected chi connectivity index (χ3v) is 5.07. The number of hydrogen-bond donors (Lipinski definition) is 1. The van der Waals surface area contributed by atoms with Crippen LogP contribution in [0, 0.1) is 5.82 Å². The molecule has 4 aromatic rings. The molecule has 34 heavy (non-hydrogen) atoms. The summed E-state index contributed by atoms with van der Waals surface area (Å²) in [7, 11) is 1.51. The molecule has 0 atom stereocenters.